The fraction of sp³-hybridized carbons (Fsp3) is 0.100. The average molecular weight is 243 g/mol. The highest BCUT2D eigenvalue weighted by molar-refractivity contribution is 6.31. The number of nitrogens with zero attached hydrogens (tertiary/aromatic N) is 1. The van der Waals surface area contributed by atoms with E-state index in [1.165, 1.54) is 25.3 Å². The van der Waals surface area contributed by atoms with Crippen LogP contribution in [-0.2, 0) is 0 Å². The van der Waals surface area contributed by atoms with Gasteiger partial charge in [-0.2, -0.15) is 0 Å². The molecule has 1 aromatic carbocycles. The molecule has 0 saturated heterocycles. The van der Waals surface area contributed by atoms with Crippen LogP contribution in [0, 0.1) is 5.82 Å². The second-order valence-corrected chi connectivity index (χ2v) is 3.50. The van der Waals surface area contributed by atoms with E-state index < -0.39 is 5.82 Å². The van der Waals surface area contributed by atoms with Crippen LogP contribution in [0.4, 0.5) is 10.3 Å². The van der Waals surface area contributed by atoms with E-state index >= 15 is 0 Å². The number of rotatable bonds is 2. The first-order valence-corrected chi connectivity index (χ1v) is 4.75. The summed E-state index contributed by atoms with van der Waals surface area (Å²) in [6, 6.07) is 4.41. The van der Waals surface area contributed by atoms with Crippen molar-refractivity contribution < 1.29 is 13.7 Å². The van der Waals surface area contributed by atoms with Crippen LogP contribution >= 0.6 is 11.6 Å². The van der Waals surface area contributed by atoms with Gasteiger partial charge in [0.25, 0.3) is 0 Å². The van der Waals surface area contributed by atoms with E-state index in [0.717, 1.165) is 0 Å². The Kier molecular flexibility index (Phi) is 2.70. The van der Waals surface area contributed by atoms with E-state index in [2.05, 4.69) is 5.16 Å². The summed E-state index contributed by atoms with van der Waals surface area (Å²) in [6.45, 7) is 0. The van der Waals surface area contributed by atoms with Gasteiger partial charge in [-0.05, 0) is 12.1 Å². The Hall–Kier alpha value is -1.75. The fourth-order valence-electron chi connectivity index (χ4n) is 1.29. The van der Waals surface area contributed by atoms with Gasteiger partial charge in [0.15, 0.2) is 11.6 Å². The summed E-state index contributed by atoms with van der Waals surface area (Å²) in [4.78, 5) is 0. The summed E-state index contributed by atoms with van der Waals surface area (Å²) >= 11 is 5.71. The van der Waals surface area contributed by atoms with Crippen LogP contribution in [0.25, 0.3) is 11.3 Å². The van der Waals surface area contributed by atoms with E-state index in [0.29, 0.717) is 11.3 Å². The van der Waals surface area contributed by atoms with E-state index in [4.69, 9.17) is 26.6 Å². The molecule has 2 aromatic rings. The number of aromatic nitrogens is 1. The van der Waals surface area contributed by atoms with Gasteiger partial charge in [0.1, 0.15) is 5.69 Å². The van der Waals surface area contributed by atoms with Crippen LogP contribution in [0.5, 0.6) is 5.75 Å². The Morgan fingerprint density at radius 3 is 2.75 bits per heavy atom. The van der Waals surface area contributed by atoms with Crippen LogP contribution < -0.4 is 10.5 Å². The standard InChI is InChI=1S/C10H8ClFN2O2/c1-15-8-3-5(2-6(11)10(8)12)7-4-9(13)16-14-7/h2-4H,13H2,1H3. The summed E-state index contributed by atoms with van der Waals surface area (Å²) in [5.41, 5.74) is 6.43. The van der Waals surface area contributed by atoms with Crippen molar-refractivity contribution in [3.05, 3.63) is 29.0 Å². The zero-order valence-electron chi connectivity index (χ0n) is 8.33. The Labute approximate surface area is 95.7 Å². The first-order valence-electron chi connectivity index (χ1n) is 4.37. The third kappa shape index (κ3) is 1.81. The van der Waals surface area contributed by atoms with Gasteiger partial charge in [-0.1, -0.05) is 16.8 Å². The number of benzene rings is 1. The lowest BCUT2D eigenvalue weighted by molar-refractivity contribution is 0.387. The first-order chi connectivity index (χ1) is 7.61. The van der Waals surface area contributed by atoms with Crippen LogP contribution in [0.15, 0.2) is 22.7 Å². The molecule has 16 heavy (non-hydrogen) atoms. The minimum Gasteiger partial charge on any atom is -0.494 e. The van der Waals surface area contributed by atoms with E-state index in [9.17, 15) is 4.39 Å². The molecular formula is C10H8ClFN2O2. The third-order valence-corrected chi connectivity index (χ3v) is 2.31. The van der Waals surface area contributed by atoms with Crippen LogP contribution in [-0.4, -0.2) is 12.3 Å². The van der Waals surface area contributed by atoms with Crippen molar-refractivity contribution in [2.75, 3.05) is 12.8 Å². The molecule has 84 valence electrons. The first kappa shape index (κ1) is 10.8. The Bertz CT molecular complexity index is 528. The van der Waals surface area contributed by atoms with Gasteiger partial charge in [-0.15, -0.1) is 0 Å². The third-order valence-electron chi connectivity index (χ3n) is 2.04. The van der Waals surface area contributed by atoms with Crippen molar-refractivity contribution in [1.82, 2.24) is 5.16 Å². The van der Waals surface area contributed by atoms with Gasteiger partial charge < -0.3 is 15.0 Å². The molecule has 0 unspecified atom stereocenters. The number of nitrogens with two attached hydrogens (primary N) is 1. The second-order valence-electron chi connectivity index (χ2n) is 3.09. The molecule has 0 fully saturated rings. The Morgan fingerprint density at radius 1 is 1.44 bits per heavy atom. The topological polar surface area (TPSA) is 61.3 Å². The number of halogens is 2. The van der Waals surface area contributed by atoms with Gasteiger partial charge >= 0.3 is 0 Å². The van der Waals surface area contributed by atoms with Gasteiger partial charge in [-0.3, -0.25) is 0 Å². The van der Waals surface area contributed by atoms with Crippen LogP contribution in [0.2, 0.25) is 5.02 Å². The maximum atomic E-state index is 13.4. The number of ether oxygens (including phenoxy) is 1. The highest BCUT2D eigenvalue weighted by atomic mass is 35.5. The molecule has 2 N–H and O–H groups in total. The van der Waals surface area contributed by atoms with Gasteiger partial charge in [0, 0.05) is 11.6 Å². The van der Waals surface area contributed by atoms with Crippen molar-refractivity contribution in [3.63, 3.8) is 0 Å². The molecule has 0 aliphatic carbocycles. The second kappa shape index (κ2) is 4.02. The molecule has 1 heterocycles. The van der Waals surface area contributed by atoms with E-state index in [1.807, 2.05) is 0 Å². The SMILES string of the molecule is COc1cc(-c2cc(N)on2)cc(Cl)c1F. The number of methoxy groups -OCH3 is 1. The average Bonchev–Trinajstić information content (AvgIpc) is 2.69. The van der Waals surface area contributed by atoms with Gasteiger partial charge in [0.05, 0.1) is 12.1 Å². The maximum Gasteiger partial charge on any atom is 0.222 e. The minimum absolute atomic E-state index is 0.0454. The lowest BCUT2D eigenvalue weighted by Crippen LogP contribution is -1.90. The summed E-state index contributed by atoms with van der Waals surface area (Å²) in [6.07, 6.45) is 0. The van der Waals surface area contributed by atoms with Crippen molar-refractivity contribution >= 4 is 17.5 Å². The lowest BCUT2D eigenvalue weighted by atomic mass is 10.1. The molecule has 2 rings (SSSR count). The molecular weight excluding hydrogens is 235 g/mol. The zero-order chi connectivity index (χ0) is 11.7. The van der Waals surface area contributed by atoms with Crippen LogP contribution in [0.1, 0.15) is 0 Å². The number of nitrogen functional groups attached to an aromatic ring is 1. The monoisotopic (exact) mass is 242 g/mol. The normalized spacial score (nSPS) is 10.4. The quantitative estimate of drug-likeness (QED) is 0.880. The predicted octanol–water partition coefficient (Wildman–Crippen LogP) is 2.72. The fourth-order valence-corrected chi connectivity index (χ4v) is 1.50. The highest BCUT2D eigenvalue weighted by Gasteiger charge is 2.13. The zero-order valence-corrected chi connectivity index (χ0v) is 9.08. The molecule has 0 spiro atoms. The molecule has 0 aliphatic heterocycles. The molecule has 4 nitrogen and oxygen atoms in total. The molecule has 0 bridgehead atoms. The summed E-state index contributed by atoms with van der Waals surface area (Å²) in [7, 11) is 1.36. The van der Waals surface area contributed by atoms with E-state index in [-0.39, 0.29) is 16.7 Å². The van der Waals surface area contributed by atoms with Crippen LogP contribution in [0.3, 0.4) is 0 Å². The summed E-state index contributed by atoms with van der Waals surface area (Å²) < 4.78 is 22.9. The molecule has 0 atom stereocenters. The molecule has 0 amide bonds. The number of hydrogen-bond donors (Lipinski definition) is 1. The molecule has 1 aromatic heterocycles. The minimum atomic E-state index is -0.607. The Balaban J connectivity index is 2.54. The van der Waals surface area contributed by atoms with Crippen molar-refractivity contribution in [1.29, 1.82) is 0 Å². The van der Waals surface area contributed by atoms with Crippen molar-refractivity contribution in [2.24, 2.45) is 0 Å². The molecule has 6 heteroatoms. The molecule has 0 radical (unpaired) electrons. The molecule has 0 aliphatic rings. The van der Waals surface area contributed by atoms with E-state index in [1.54, 1.807) is 0 Å². The predicted molar refractivity (Wildman–Crippen MR) is 57.9 cm³/mol. The lowest BCUT2D eigenvalue weighted by Gasteiger charge is -2.05. The highest BCUT2D eigenvalue weighted by Crippen LogP contribution is 2.31. The van der Waals surface area contributed by atoms with Gasteiger partial charge in [-0.25, -0.2) is 4.39 Å². The largest absolute Gasteiger partial charge is 0.494 e. The van der Waals surface area contributed by atoms with Crippen molar-refractivity contribution in [2.45, 2.75) is 0 Å². The number of anilines is 1. The van der Waals surface area contributed by atoms with Gasteiger partial charge in [0.2, 0.25) is 5.88 Å². The Morgan fingerprint density at radius 2 is 2.19 bits per heavy atom. The smallest absolute Gasteiger partial charge is 0.222 e. The van der Waals surface area contributed by atoms with Crippen molar-refractivity contribution in [3.8, 4) is 17.0 Å². The summed E-state index contributed by atoms with van der Waals surface area (Å²) in [5, 5.41) is 3.65. The summed E-state index contributed by atoms with van der Waals surface area (Å²) in [5.74, 6) is -0.386. The molecule has 0 saturated carbocycles. The maximum absolute atomic E-state index is 13.4. The number of hydrogen-bond acceptors (Lipinski definition) is 4.